The van der Waals surface area contributed by atoms with E-state index in [0.29, 0.717) is 55.5 Å². The number of benzene rings is 4. The van der Waals surface area contributed by atoms with Gasteiger partial charge in [-0.3, -0.25) is 19.2 Å². The first kappa shape index (κ1) is 45.8. The van der Waals surface area contributed by atoms with Crippen molar-refractivity contribution in [1.82, 2.24) is 40.4 Å². The highest BCUT2D eigenvalue weighted by molar-refractivity contribution is 5.91. The number of H-pyrrole nitrogens is 2. The maximum atomic E-state index is 14.2. The van der Waals surface area contributed by atoms with Crippen LogP contribution in [0.3, 0.4) is 0 Å². The normalized spacial score (nSPS) is 15.4. The third kappa shape index (κ3) is 9.73. The number of nitrogens with zero attached hydrogens (tertiary/aromatic N) is 4. The molecule has 16 heteroatoms. The fraction of sp³-hybridized carbons (Fsp3) is 0.346. The van der Waals surface area contributed by atoms with Crippen molar-refractivity contribution in [3.8, 4) is 45.1 Å². The second kappa shape index (κ2) is 20.7. The van der Waals surface area contributed by atoms with Crippen molar-refractivity contribution < 1.29 is 38.1 Å². The molecule has 0 spiro atoms. The van der Waals surface area contributed by atoms with Crippen LogP contribution in [0.5, 0.6) is 11.5 Å². The van der Waals surface area contributed by atoms with Crippen LogP contribution in [-0.2, 0) is 48.4 Å². The standard InChI is InChI=1S/C52H56N8O8/c1-4-19-59(51(63)48(32-12-7-5-8-13-32)57-44(61)17-21-65-2)29-43-53-27-38(55-43)34-23-36-30-68-42-26-35(24-37-31-67-41(25-34)46(36)47(37)42)39-28-54-50(56-39)40-16-11-20-60(40)52(64)49(33-14-9-6-10-15-33)58-45(62)18-22-66-3/h5-10,12-15,23-28,40,48-49H,4,11,16-22,29-31H2,1-3H3,(H,53,55)(H,54,56)(H,57,61)(H,58,62)/t40-,48+,49+/m0/s1. The topological polar surface area (TPSA) is 193 Å². The number of hydrogen-bond acceptors (Lipinski definition) is 10. The Hall–Kier alpha value is -7.30. The van der Waals surface area contributed by atoms with E-state index >= 15 is 0 Å². The van der Waals surface area contributed by atoms with E-state index in [0.717, 1.165) is 69.1 Å². The third-order valence-electron chi connectivity index (χ3n) is 12.7. The lowest BCUT2D eigenvalue weighted by Gasteiger charge is -2.30. The zero-order chi connectivity index (χ0) is 47.1. The number of carbonyl (C=O) groups excluding carboxylic acids is 4. The summed E-state index contributed by atoms with van der Waals surface area (Å²) in [4.78, 5) is 74.1. The molecule has 4 amide bonds. The summed E-state index contributed by atoms with van der Waals surface area (Å²) in [6, 6.07) is 24.8. The first-order chi connectivity index (χ1) is 33.2. The number of ether oxygens (including phenoxy) is 4. The largest absolute Gasteiger partial charge is 0.488 e. The van der Waals surface area contributed by atoms with Crippen molar-refractivity contribution in [2.24, 2.45) is 0 Å². The van der Waals surface area contributed by atoms with Crippen molar-refractivity contribution in [3.63, 3.8) is 0 Å². The van der Waals surface area contributed by atoms with Gasteiger partial charge in [-0.15, -0.1) is 0 Å². The number of imidazole rings is 2. The summed E-state index contributed by atoms with van der Waals surface area (Å²) in [7, 11) is 3.08. The summed E-state index contributed by atoms with van der Waals surface area (Å²) in [6.07, 6.45) is 6.10. The van der Waals surface area contributed by atoms with E-state index in [-0.39, 0.29) is 62.3 Å². The summed E-state index contributed by atoms with van der Waals surface area (Å²) in [6.45, 7) is 4.41. The minimum atomic E-state index is -0.860. The SMILES string of the molecule is CCCN(Cc1ncc(-c2cc3c4c(c2)OCc2cc(-c5cnc([C@@H]6CCCN6C(=O)[C@H](NC(=O)CCOC)c6ccccc6)[nH]5)cc(c2-4)OC3)[nH]1)C(=O)[C@H](NC(=O)CCOC)c1ccccc1. The van der Waals surface area contributed by atoms with Crippen LogP contribution in [0, 0.1) is 0 Å². The van der Waals surface area contributed by atoms with E-state index in [9.17, 15) is 19.2 Å². The second-order valence-electron chi connectivity index (χ2n) is 17.3. The van der Waals surface area contributed by atoms with Crippen LogP contribution in [0.15, 0.2) is 97.3 Å². The molecule has 3 aliphatic heterocycles. The van der Waals surface area contributed by atoms with Crippen molar-refractivity contribution in [2.45, 2.75) is 76.9 Å². The molecule has 68 heavy (non-hydrogen) atoms. The predicted octanol–water partition coefficient (Wildman–Crippen LogP) is 7.11. The van der Waals surface area contributed by atoms with E-state index in [2.05, 4.69) is 32.7 Å². The molecule has 6 aromatic rings. The van der Waals surface area contributed by atoms with Gasteiger partial charge < -0.3 is 49.3 Å². The molecule has 4 N–H and O–H groups in total. The maximum absolute atomic E-state index is 14.2. The monoisotopic (exact) mass is 920 g/mol. The van der Waals surface area contributed by atoms with Crippen molar-refractivity contribution >= 4 is 23.6 Å². The van der Waals surface area contributed by atoms with Gasteiger partial charge >= 0.3 is 0 Å². The molecular weight excluding hydrogens is 865 g/mol. The summed E-state index contributed by atoms with van der Waals surface area (Å²) < 4.78 is 23.1. The fourth-order valence-electron chi connectivity index (χ4n) is 9.34. The fourth-order valence-corrected chi connectivity index (χ4v) is 9.34. The van der Waals surface area contributed by atoms with Gasteiger partial charge in [-0.05, 0) is 54.7 Å². The molecule has 5 heterocycles. The van der Waals surface area contributed by atoms with Gasteiger partial charge in [0.25, 0.3) is 0 Å². The van der Waals surface area contributed by atoms with Crippen LogP contribution in [0.25, 0.3) is 33.6 Å². The number of hydrogen-bond donors (Lipinski definition) is 4. The van der Waals surface area contributed by atoms with Crippen molar-refractivity contribution in [1.29, 1.82) is 0 Å². The van der Waals surface area contributed by atoms with Crippen LogP contribution in [0.2, 0.25) is 0 Å². The Balaban J connectivity index is 0.918. The molecule has 1 fully saturated rings. The lowest BCUT2D eigenvalue weighted by molar-refractivity contribution is -0.137. The van der Waals surface area contributed by atoms with Gasteiger partial charge in [0.2, 0.25) is 23.6 Å². The van der Waals surface area contributed by atoms with Gasteiger partial charge in [0, 0.05) is 73.5 Å². The number of methoxy groups -OCH3 is 2. The molecule has 9 rings (SSSR count). The van der Waals surface area contributed by atoms with Crippen LogP contribution in [0.4, 0.5) is 0 Å². The van der Waals surface area contributed by atoms with E-state index in [1.807, 2.05) is 84.6 Å². The summed E-state index contributed by atoms with van der Waals surface area (Å²) in [5.41, 5.74) is 8.68. The summed E-state index contributed by atoms with van der Waals surface area (Å²) in [5, 5.41) is 5.87. The van der Waals surface area contributed by atoms with Crippen molar-refractivity contribution in [3.05, 3.63) is 131 Å². The summed E-state index contributed by atoms with van der Waals surface area (Å²) in [5.74, 6) is 1.85. The lowest BCUT2D eigenvalue weighted by Crippen LogP contribution is -2.43. The molecular formula is C52H56N8O8. The molecule has 0 unspecified atom stereocenters. The third-order valence-corrected chi connectivity index (χ3v) is 12.7. The predicted molar refractivity (Wildman–Crippen MR) is 253 cm³/mol. The number of aromatic amines is 2. The Morgan fingerprint density at radius 3 is 1.91 bits per heavy atom. The smallest absolute Gasteiger partial charge is 0.250 e. The molecule has 352 valence electrons. The zero-order valence-electron chi connectivity index (χ0n) is 38.5. The van der Waals surface area contributed by atoms with Gasteiger partial charge in [-0.2, -0.15) is 0 Å². The molecule has 4 aromatic carbocycles. The maximum Gasteiger partial charge on any atom is 0.250 e. The van der Waals surface area contributed by atoms with E-state index in [1.54, 1.807) is 24.4 Å². The molecule has 3 aliphatic rings. The van der Waals surface area contributed by atoms with Crippen LogP contribution >= 0.6 is 0 Å². The molecule has 0 bridgehead atoms. The molecule has 16 nitrogen and oxygen atoms in total. The highest BCUT2D eigenvalue weighted by Crippen LogP contribution is 2.51. The van der Waals surface area contributed by atoms with E-state index in [4.69, 9.17) is 28.9 Å². The Bertz CT molecular complexity index is 2720. The number of carbonyl (C=O) groups is 4. The quantitative estimate of drug-likeness (QED) is 0.0651. The molecule has 0 radical (unpaired) electrons. The molecule has 0 saturated carbocycles. The van der Waals surface area contributed by atoms with Crippen LogP contribution in [-0.4, -0.2) is 93.9 Å². The summed E-state index contributed by atoms with van der Waals surface area (Å²) >= 11 is 0. The molecule has 0 aliphatic carbocycles. The number of rotatable bonds is 19. The number of nitrogens with one attached hydrogen (secondary N) is 4. The Morgan fingerprint density at radius 1 is 0.765 bits per heavy atom. The van der Waals surface area contributed by atoms with Gasteiger partial charge in [-0.25, -0.2) is 9.97 Å². The molecule has 3 atom stereocenters. The van der Waals surface area contributed by atoms with Crippen molar-refractivity contribution in [2.75, 3.05) is 40.5 Å². The second-order valence-corrected chi connectivity index (χ2v) is 17.3. The Kier molecular flexibility index (Phi) is 14.0. The number of likely N-dealkylation sites (tertiary alicyclic amines) is 1. The zero-order valence-corrected chi connectivity index (χ0v) is 38.5. The Morgan fingerprint density at radius 2 is 1.32 bits per heavy atom. The van der Waals surface area contributed by atoms with Gasteiger partial charge in [0.1, 0.15) is 48.4 Å². The molecule has 2 aromatic heterocycles. The van der Waals surface area contributed by atoms with Crippen LogP contribution < -0.4 is 20.1 Å². The van der Waals surface area contributed by atoms with Gasteiger partial charge in [-0.1, -0.05) is 67.6 Å². The van der Waals surface area contributed by atoms with E-state index in [1.165, 1.54) is 7.11 Å². The highest BCUT2D eigenvalue weighted by atomic mass is 16.5. The number of amides is 4. The van der Waals surface area contributed by atoms with Gasteiger partial charge in [0.15, 0.2) is 0 Å². The Labute approximate surface area is 394 Å². The first-order valence-electron chi connectivity index (χ1n) is 23.2. The first-order valence-corrected chi connectivity index (χ1v) is 23.2. The minimum absolute atomic E-state index is 0.142. The van der Waals surface area contributed by atoms with Gasteiger partial charge in [0.05, 0.1) is 49.6 Å². The number of aromatic nitrogens is 4. The average Bonchev–Trinajstić information content (AvgIpc) is 4.18. The van der Waals surface area contributed by atoms with E-state index < -0.39 is 12.1 Å². The van der Waals surface area contributed by atoms with Crippen LogP contribution in [0.1, 0.15) is 91.1 Å². The highest BCUT2D eigenvalue weighted by Gasteiger charge is 2.37. The lowest BCUT2D eigenvalue weighted by atomic mass is 9.87. The average molecular weight is 921 g/mol. The minimum Gasteiger partial charge on any atom is -0.488 e. The molecule has 1 saturated heterocycles.